The van der Waals surface area contributed by atoms with E-state index in [1.165, 1.54) is 0 Å². The number of aliphatic hydroxyl groups is 3. The first-order valence-corrected chi connectivity index (χ1v) is 4.88. The van der Waals surface area contributed by atoms with Gasteiger partial charge in [-0.1, -0.05) is 13.8 Å². The zero-order chi connectivity index (χ0) is 10.9. The van der Waals surface area contributed by atoms with E-state index in [4.69, 9.17) is 10.5 Å². The summed E-state index contributed by atoms with van der Waals surface area (Å²) in [5, 5.41) is 28.6. The standard InChI is InChI=1S/C9H19NO4/c1-4(2)9-8(13)7(12)6(11)5(3-10)14-9/h4-9,11-13H,3,10H2,1-2H3/t5-,6-,7+,8-,9?/m1/s1. The maximum atomic E-state index is 9.62. The summed E-state index contributed by atoms with van der Waals surface area (Å²) >= 11 is 0. The van der Waals surface area contributed by atoms with E-state index in [9.17, 15) is 15.3 Å². The van der Waals surface area contributed by atoms with E-state index in [0.717, 1.165) is 0 Å². The van der Waals surface area contributed by atoms with Crippen LogP contribution < -0.4 is 5.73 Å². The third-order valence-corrected chi connectivity index (χ3v) is 2.64. The average Bonchev–Trinajstić information content (AvgIpc) is 2.14. The molecule has 5 N–H and O–H groups in total. The molecule has 84 valence electrons. The van der Waals surface area contributed by atoms with Gasteiger partial charge in [0, 0.05) is 6.54 Å². The van der Waals surface area contributed by atoms with Gasteiger partial charge in [-0.2, -0.15) is 0 Å². The van der Waals surface area contributed by atoms with E-state index in [-0.39, 0.29) is 12.5 Å². The first kappa shape index (κ1) is 11.9. The van der Waals surface area contributed by atoms with Gasteiger partial charge in [0.1, 0.15) is 18.3 Å². The van der Waals surface area contributed by atoms with Crippen LogP contribution in [0.1, 0.15) is 13.8 Å². The third-order valence-electron chi connectivity index (χ3n) is 2.64. The summed E-state index contributed by atoms with van der Waals surface area (Å²) in [5.41, 5.74) is 5.39. The van der Waals surface area contributed by atoms with E-state index in [0.29, 0.717) is 0 Å². The van der Waals surface area contributed by atoms with Gasteiger partial charge in [-0.05, 0) is 5.92 Å². The van der Waals surface area contributed by atoms with Crippen LogP contribution in [0.25, 0.3) is 0 Å². The first-order valence-electron chi connectivity index (χ1n) is 4.88. The Balaban J connectivity index is 2.73. The van der Waals surface area contributed by atoms with Gasteiger partial charge in [0.2, 0.25) is 0 Å². The molecule has 0 aromatic carbocycles. The quantitative estimate of drug-likeness (QED) is 0.438. The van der Waals surface area contributed by atoms with Gasteiger partial charge >= 0.3 is 0 Å². The minimum atomic E-state index is -1.18. The van der Waals surface area contributed by atoms with Gasteiger partial charge in [-0.3, -0.25) is 0 Å². The molecule has 5 heteroatoms. The lowest BCUT2D eigenvalue weighted by atomic mass is 9.89. The topological polar surface area (TPSA) is 95.9 Å². The maximum Gasteiger partial charge on any atom is 0.111 e. The largest absolute Gasteiger partial charge is 0.388 e. The maximum absolute atomic E-state index is 9.62. The Labute approximate surface area is 83.5 Å². The lowest BCUT2D eigenvalue weighted by molar-refractivity contribution is -0.228. The Morgan fingerprint density at radius 2 is 1.71 bits per heavy atom. The fourth-order valence-corrected chi connectivity index (χ4v) is 1.73. The summed E-state index contributed by atoms with van der Waals surface area (Å²) < 4.78 is 5.41. The molecule has 0 aliphatic carbocycles. The number of hydrogen-bond donors (Lipinski definition) is 4. The lowest BCUT2D eigenvalue weighted by Gasteiger charge is -2.42. The minimum absolute atomic E-state index is 0.0706. The first-order chi connectivity index (χ1) is 6.49. The Morgan fingerprint density at radius 1 is 1.14 bits per heavy atom. The van der Waals surface area contributed by atoms with Crippen molar-refractivity contribution >= 4 is 0 Å². The predicted molar refractivity (Wildman–Crippen MR) is 50.6 cm³/mol. The fraction of sp³-hybridized carbons (Fsp3) is 1.00. The van der Waals surface area contributed by atoms with E-state index in [1.54, 1.807) is 0 Å². The molecular weight excluding hydrogens is 186 g/mol. The van der Waals surface area contributed by atoms with Gasteiger partial charge in [0.05, 0.1) is 12.2 Å². The second-order valence-electron chi connectivity index (χ2n) is 4.09. The van der Waals surface area contributed by atoms with Crippen LogP contribution in [0.15, 0.2) is 0 Å². The monoisotopic (exact) mass is 205 g/mol. The van der Waals surface area contributed by atoms with Gasteiger partial charge in [-0.25, -0.2) is 0 Å². The molecule has 0 spiro atoms. The SMILES string of the molecule is CC(C)C1O[C@H](CN)[C@@H](O)[C@H](O)[C@H]1O. The molecule has 1 rings (SSSR count). The van der Waals surface area contributed by atoms with Crippen molar-refractivity contribution in [3.8, 4) is 0 Å². The predicted octanol–water partition coefficient (Wildman–Crippen LogP) is -1.55. The van der Waals surface area contributed by atoms with Crippen LogP contribution in [0.4, 0.5) is 0 Å². The molecule has 0 bridgehead atoms. The molecule has 1 saturated heterocycles. The van der Waals surface area contributed by atoms with Crippen molar-refractivity contribution in [2.24, 2.45) is 11.7 Å². The number of nitrogens with two attached hydrogens (primary N) is 1. The number of hydrogen-bond acceptors (Lipinski definition) is 5. The van der Waals surface area contributed by atoms with E-state index >= 15 is 0 Å². The van der Waals surface area contributed by atoms with Crippen molar-refractivity contribution in [1.29, 1.82) is 0 Å². The fourth-order valence-electron chi connectivity index (χ4n) is 1.73. The summed E-state index contributed by atoms with van der Waals surface area (Å²) in [7, 11) is 0. The van der Waals surface area contributed by atoms with Crippen molar-refractivity contribution in [3.05, 3.63) is 0 Å². The smallest absolute Gasteiger partial charge is 0.111 e. The number of rotatable bonds is 2. The molecule has 5 nitrogen and oxygen atoms in total. The minimum Gasteiger partial charge on any atom is -0.388 e. The molecule has 0 aromatic rings. The molecule has 1 unspecified atom stereocenters. The Morgan fingerprint density at radius 3 is 2.14 bits per heavy atom. The Bertz CT molecular complexity index is 186. The highest BCUT2D eigenvalue weighted by Crippen LogP contribution is 2.25. The van der Waals surface area contributed by atoms with Crippen LogP contribution in [-0.4, -0.2) is 52.4 Å². The summed E-state index contributed by atoms with van der Waals surface area (Å²) in [4.78, 5) is 0. The van der Waals surface area contributed by atoms with Gasteiger partial charge in [0.25, 0.3) is 0 Å². The summed E-state index contributed by atoms with van der Waals surface area (Å²) in [6.45, 7) is 3.89. The molecule has 0 radical (unpaired) electrons. The molecule has 1 fully saturated rings. The van der Waals surface area contributed by atoms with Crippen molar-refractivity contribution in [1.82, 2.24) is 0 Å². The zero-order valence-electron chi connectivity index (χ0n) is 8.50. The van der Waals surface area contributed by atoms with Crippen LogP contribution in [0.2, 0.25) is 0 Å². The highest BCUT2D eigenvalue weighted by Gasteiger charge is 2.43. The van der Waals surface area contributed by atoms with Crippen LogP contribution in [0.3, 0.4) is 0 Å². The van der Waals surface area contributed by atoms with E-state index < -0.39 is 30.5 Å². The zero-order valence-corrected chi connectivity index (χ0v) is 8.50. The van der Waals surface area contributed by atoms with Crippen LogP contribution in [0.5, 0.6) is 0 Å². The van der Waals surface area contributed by atoms with E-state index in [2.05, 4.69) is 0 Å². The molecule has 0 aromatic heterocycles. The Hall–Kier alpha value is -0.200. The molecule has 5 atom stereocenters. The van der Waals surface area contributed by atoms with Gasteiger partial charge in [0.15, 0.2) is 0 Å². The Kier molecular flexibility index (Phi) is 3.86. The van der Waals surface area contributed by atoms with Crippen molar-refractivity contribution < 1.29 is 20.1 Å². The average molecular weight is 205 g/mol. The van der Waals surface area contributed by atoms with E-state index in [1.807, 2.05) is 13.8 Å². The second kappa shape index (κ2) is 4.55. The number of ether oxygens (including phenoxy) is 1. The normalized spacial score (nSPS) is 44.4. The van der Waals surface area contributed by atoms with Crippen molar-refractivity contribution in [2.45, 2.75) is 44.4 Å². The third kappa shape index (κ3) is 2.07. The molecule has 0 amide bonds. The molecule has 1 aliphatic rings. The summed E-state index contributed by atoms with van der Waals surface area (Å²) in [6, 6.07) is 0. The molecule has 1 aliphatic heterocycles. The summed E-state index contributed by atoms with van der Waals surface area (Å²) in [6.07, 6.45) is -4.40. The van der Waals surface area contributed by atoms with Crippen LogP contribution >= 0.6 is 0 Å². The highest BCUT2D eigenvalue weighted by molar-refractivity contribution is 4.93. The van der Waals surface area contributed by atoms with Gasteiger partial charge in [-0.15, -0.1) is 0 Å². The highest BCUT2D eigenvalue weighted by atomic mass is 16.5. The molecule has 14 heavy (non-hydrogen) atoms. The van der Waals surface area contributed by atoms with Crippen molar-refractivity contribution in [3.63, 3.8) is 0 Å². The molecule has 0 saturated carbocycles. The van der Waals surface area contributed by atoms with Gasteiger partial charge < -0.3 is 25.8 Å². The lowest BCUT2D eigenvalue weighted by Crippen LogP contribution is -2.60. The van der Waals surface area contributed by atoms with Crippen molar-refractivity contribution in [2.75, 3.05) is 6.54 Å². The number of aliphatic hydroxyl groups excluding tert-OH is 3. The second-order valence-corrected chi connectivity index (χ2v) is 4.09. The van der Waals surface area contributed by atoms with Crippen LogP contribution in [0, 0.1) is 5.92 Å². The summed E-state index contributed by atoms with van der Waals surface area (Å²) in [5.74, 6) is 0.0706. The molecular formula is C9H19NO4. The van der Waals surface area contributed by atoms with Crippen LogP contribution in [-0.2, 0) is 4.74 Å². The molecule has 1 heterocycles.